The van der Waals surface area contributed by atoms with Gasteiger partial charge in [-0.1, -0.05) is 29.0 Å². The normalized spacial score (nSPS) is 11.3. The molecular formula is C19H18ClF2N5O3S. The van der Waals surface area contributed by atoms with Gasteiger partial charge in [-0.3, -0.25) is 14.8 Å². The third kappa shape index (κ3) is 5.17. The maximum atomic E-state index is 14.3. The molecule has 0 fully saturated rings. The van der Waals surface area contributed by atoms with Crippen molar-refractivity contribution >= 4 is 45.6 Å². The van der Waals surface area contributed by atoms with Crippen LogP contribution in [0.15, 0.2) is 24.4 Å². The quantitative estimate of drug-likeness (QED) is 0.555. The lowest BCUT2D eigenvalue weighted by atomic mass is 10.2. The van der Waals surface area contributed by atoms with Crippen LogP contribution in [0.3, 0.4) is 0 Å². The summed E-state index contributed by atoms with van der Waals surface area (Å²) in [5, 5.41) is 8.82. The lowest BCUT2D eigenvalue weighted by molar-refractivity contribution is 0.0636. The summed E-state index contributed by atoms with van der Waals surface area (Å²) < 4.78 is 35.0. The third-order valence-corrected chi connectivity index (χ3v) is 5.18. The average Bonchev–Trinajstić information content (AvgIpc) is 3.18. The Morgan fingerprint density at radius 1 is 1.19 bits per heavy atom. The first-order valence-electron chi connectivity index (χ1n) is 8.90. The van der Waals surface area contributed by atoms with E-state index >= 15 is 0 Å². The number of carbonyl (C=O) groups excluding carboxylic acids is 2. The molecule has 164 valence electrons. The summed E-state index contributed by atoms with van der Waals surface area (Å²) in [4.78, 5) is 29.1. The molecule has 0 bridgehead atoms. The van der Waals surface area contributed by atoms with Crippen LogP contribution >= 0.6 is 22.9 Å². The molecule has 0 aliphatic rings. The molecule has 0 radical (unpaired) electrons. The zero-order chi connectivity index (χ0) is 22.9. The first-order valence-corrected chi connectivity index (χ1v) is 10.1. The average molecular weight is 470 g/mol. The lowest BCUT2D eigenvalue weighted by Gasteiger charge is -2.19. The second-order valence-corrected chi connectivity index (χ2v) is 8.70. The van der Waals surface area contributed by atoms with Gasteiger partial charge in [0.1, 0.15) is 32.4 Å². The maximum Gasteiger partial charge on any atom is 0.412 e. The molecule has 0 atom stereocenters. The highest BCUT2D eigenvalue weighted by molar-refractivity contribution is 7.19. The summed E-state index contributed by atoms with van der Waals surface area (Å²) in [6.45, 7) is 4.99. The SMILES string of the molecule is Cn1ncc(NC(=O)c2nc(-c3c(F)cccc3F)sc2NC(=O)OC(C)(C)C)c1Cl. The molecule has 0 spiro atoms. The van der Waals surface area contributed by atoms with E-state index in [9.17, 15) is 18.4 Å². The number of halogens is 3. The van der Waals surface area contributed by atoms with Gasteiger partial charge in [0.05, 0.1) is 17.4 Å². The van der Waals surface area contributed by atoms with E-state index in [1.165, 1.54) is 16.9 Å². The van der Waals surface area contributed by atoms with Crippen molar-refractivity contribution in [2.45, 2.75) is 26.4 Å². The number of amides is 2. The van der Waals surface area contributed by atoms with E-state index in [-0.39, 0.29) is 26.5 Å². The van der Waals surface area contributed by atoms with Crippen LogP contribution in [-0.4, -0.2) is 32.4 Å². The van der Waals surface area contributed by atoms with E-state index in [4.69, 9.17) is 16.3 Å². The molecule has 3 aromatic rings. The summed E-state index contributed by atoms with van der Waals surface area (Å²) in [7, 11) is 1.58. The van der Waals surface area contributed by atoms with Gasteiger partial charge in [0, 0.05) is 7.05 Å². The van der Waals surface area contributed by atoms with Gasteiger partial charge in [-0.15, -0.1) is 0 Å². The van der Waals surface area contributed by atoms with Crippen LogP contribution in [0.2, 0.25) is 5.15 Å². The monoisotopic (exact) mass is 469 g/mol. The highest BCUT2D eigenvalue weighted by atomic mass is 35.5. The Labute approximate surface area is 185 Å². The number of anilines is 2. The molecule has 0 saturated carbocycles. The van der Waals surface area contributed by atoms with Gasteiger partial charge < -0.3 is 10.1 Å². The Kier molecular flexibility index (Phi) is 6.27. The van der Waals surface area contributed by atoms with Gasteiger partial charge in [-0.05, 0) is 32.9 Å². The van der Waals surface area contributed by atoms with Crippen molar-refractivity contribution in [2.24, 2.45) is 7.05 Å². The van der Waals surface area contributed by atoms with Crippen LogP contribution in [-0.2, 0) is 11.8 Å². The van der Waals surface area contributed by atoms with E-state index in [1.807, 2.05) is 0 Å². The third-order valence-electron chi connectivity index (χ3n) is 3.75. The van der Waals surface area contributed by atoms with E-state index in [0.717, 1.165) is 23.5 Å². The number of rotatable bonds is 4. The highest BCUT2D eigenvalue weighted by Gasteiger charge is 2.26. The van der Waals surface area contributed by atoms with Gasteiger partial charge in [-0.25, -0.2) is 18.6 Å². The van der Waals surface area contributed by atoms with Crippen molar-refractivity contribution in [2.75, 3.05) is 10.6 Å². The fourth-order valence-corrected chi connectivity index (χ4v) is 3.59. The second kappa shape index (κ2) is 8.60. The Hall–Kier alpha value is -3.05. The van der Waals surface area contributed by atoms with Crippen LogP contribution in [0.4, 0.5) is 24.3 Å². The van der Waals surface area contributed by atoms with Crippen LogP contribution in [0.25, 0.3) is 10.6 Å². The van der Waals surface area contributed by atoms with Crippen molar-refractivity contribution in [3.05, 3.63) is 46.9 Å². The Balaban J connectivity index is 2.01. The zero-order valence-electron chi connectivity index (χ0n) is 16.9. The largest absolute Gasteiger partial charge is 0.444 e. The van der Waals surface area contributed by atoms with Crippen LogP contribution in [0, 0.1) is 11.6 Å². The van der Waals surface area contributed by atoms with Crippen LogP contribution in [0.5, 0.6) is 0 Å². The van der Waals surface area contributed by atoms with Crippen LogP contribution < -0.4 is 10.6 Å². The van der Waals surface area contributed by atoms with Gasteiger partial charge in [0.2, 0.25) is 0 Å². The number of hydrogen-bond acceptors (Lipinski definition) is 6. The van der Waals surface area contributed by atoms with Gasteiger partial charge in [0.25, 0.3) is 5.91 Å². The lowest BCUT2D eigenvalue weighted by Crippen LogP contribution is -2.27. The Bertz CT molecular complexity index is 1140. The van der Waals surface area contributed by atoms with E-state index in [1.54, 1.807) is 27.8 Å². The minimum absolute atomic E-state index is 0.0515. The van der Waals surface area contributed by atoms with Crippen molar-refractivity contribution < 1.29 is 23.1 Å². The number of nitrogens with zero attached hydrogens (tertiary/aromatic N) is 3. The number of carbonyl (C=O) groups is 2. The van der Waals surface area contributed by atoms with Crippen molar-refractivity contribution in [1.29, 1.82) is 0 Å². The molecule has 0 aliphatic carbocycles. The molecule has 0 saturated heterocycles. The van der Waals surface area contributed by atoms with Crippen molar-refractivity contribution in [3.63, 3.8) is 0 Å². The fourth-order valence-electron chi connectivity index (χ4n) is 2.45. The predicted molar refractivity (Wildman–Crippen MR) is 113 cm³/mol. The summed E-state index contributed by atoms with van der Waals surface area (Å²) in [5.41, 5.74) is -1.29. The minimum atomic E-state index is -0.861. The van der Waals surface area contributed by atoms with E-state index in [0.29, 0.717) is 0 Å². The molecule has 2 N–H and O–H groups in total. The van der Waals surface area contributed by atoms with Gasteiger partial charge in [-0.2, -0.15) is 5.10 Å². The second-order valence-electron chi connectivity index (χ2n) is 7.35. The number of ether oxygens (including phenoxy) is 1. The molecule has 0 aliphatic heterocycles. The van der Waals surface area contributed by atoms with Gasteiger partial charge >= 0.3 is 6.09 Å². The summed E-state index contributed by atoms with van der Waals surface area (Å²) in [6.07, 6.45) is 0.468. The molecule has 2 amide bonds. The molecule has 2 heterocycles. The number of nitrogens with one attached hydrogen (secondary N) is 2. The standard InChI is InChI=1S/C19H18ClF2N5O3S/c1-19(2,3)30-18(29)26-17-13(15(28)24-11-8-23-27(4)14(11)20)25-16(31-17)12-9(21)6-5-7-10(12)22/h5-8H,1-4H3,(H,24,28)(H,26,29). The topological polar surface area (TPSA) is 98.1 Å². The summed E-state index contributed by atoms with van der Waals surface area (Å²) in [6, 6.07) is 3.34. The molecule has 1 aromatic carbocycles. The highest BCUT2D eigenvalue weighted by Crippen LogP contribution is 2.36. The molecule has 31 heavy (non-hydrogen) atoms. The summed E-state index contributed by atoms with van der Waals surface area (Å²) >= 11 is 6.78. The first kappa shape index (κ1) is 22.6. The van der Waals surface area contributed by atoms with E-state index < -0.39 is 34.8 Å². The fraction of sp³-hybridized carbons (Fsp3) is 0.263. The minimum Gasteiger partial charge on any atom is -0.444 e. The molecule has 12 heteroatoms. The molecule has 2 aromatic heterocycles. The Morgan fingerprint density at radius 2 is 1.84 bits per heavy atom. The Morgan fingerprint density at radius 3 is 2.39 bits per heavy atom. The number of aromatic nitrogens is 3. The number of aryl methyl sites for hydroxylation is 1. The predicted octanol–water partition coefficient (Wildman–Crippen LogP) is 5.07. The smallest absolute Gasteiger partial charge is 0.412 e. The molecule has 8 nitrogen and oxygen atoms in total. The van der Waals surface area contributed by atoms with E-state index in [2.05, 4.69) is 20.7 Å². The molecule has 0 unspecified atom stereocenters. The number of thiazole rings is 1. The molecule has 3 rings (SSSR count). The van der Waals surface area contributed by atoms with Gasteiger partial charge in [0.15, 0.2) is 5.69 Å². The van der Waals surface area contributed by atoms with Crippen molar-refractivity contribution in [1.82, 2.24) is 14.8 Å². The number of benzene rings is 1. The first-order chi connectivity index (χ1) is 14.5. The summed E-state index contributed by atoms with van der Waals surface area (Å²) in [5.74, 6) is -2.49. The van der Waals surface area contributed by atoms with Crippen LogP contribution in [0.1, 0.15) is 31.3 Å². The number of hydrogen-bond donors (Lipinski definition) is 2. The van der Waals surface area contributed by atoms with Crippen molar-refractivity contribution in [3.8, 4) is 10.6 Å². The maximum absolute atomic E-state index is 14.3. The zero-order valence-corrected chi connectivity index (χ0v) is 18.5. The molecular weight excluding hydrogens is 452 g/mol.